The second-order valence-electron chi connectivity index (χ2n) is 5.86. The molecule has 0 aliphatic heterocycles. The lowest BCUT2D eigenvalue weighted by Crippen LogP contribution is -2.26. The van der Waals surface area contributed by atoms with Gasteiger partial charge in [0.1, 0.15) is 16.5 Å². The van der Waals surface area contributed by atoms with E-state index in [1.165, 1.54) is 31.2 Å². The highest BCUT2D eigenvalue weighted by atomic mass is 35.5. The topological polar surface area (TPSA) is 68.7 Å². The number of ketones is 1. The van der Waals surface area contributed by atoms with Gasteiger partial charge in [-0.3, -0.25) is 4.79 Å². The Kier molecular flexibility index (Phi) is 6.67. The predicted octanol–water partition coefficient (Wildman–Crippen LogP) is 4.65. The lowest BCUT2D eigenvalue weighted by atomic mass is 10.1. The van der Waals surface area contributed by atoms with Crippen molar-refractivity contribution in [1.29, 1.82) is 0 Å². The molecule has 2 atom stereocenters. The van der Waals surface area contributed by atoms with E-state index >= 15 is 0 Å². The Morgan fingerprint density at radius 3 is 2.33 bits per heavy atom. The summed E-state index contributed by atoms with van der Waals surface area (Å²) in [7, 11) is 0. The first-order valence-corrected chi connectivity index (χ1v) is 8.32. The van der Waals surface area contributed by atoms with Gasteiger partial charge in [-0.15, -0.1) is 0 Å². The van der Waals surface area contributed by atoms with E-state index in [9.17, 15) is 23.1 Å². The molecule has 1 heterocycles. The summed E-state index contributed by atoms with van der Waals surface area (Å²) in [5.41, 5.74) is -0.973. The van der Waals surface area contributed by atoms with Gasteiger partial charge in [-0.25, -0.2) is 4.98 Å². The maximum Gasteiger partial charge on any atom is 0.417 e. The number of hydrogen-bond acceptors (Lipinski definition) is 5. The number of nitrogens with zero attached hydrogens (tertiary/aromatic N) is 1. The number of aliphatic hydroxyl groups excluding tert-OH is 1. The minimum atomic E-state index is -4.55. The highest BCUT2D eigenvalue weighted by Crippen LogP contribution is 2.34. The number of halogens is 4. The third kappa shape index (κ3) is 6.11. The van der Waals surface area contributed by atoms with Crippen LogP contribution in [0.5, 0.6) is 17.4 Å². The van der Waals surface area contributed by atoms with Gasteiger partial charge >= 0.3 is 6.18 Å². The average molecular weight is 404 g/mol. The molecule has 1 aromatic heterocycles. The Balaban J connectivity index is 2.03. The van der Waals surface area contributed by atoms with Crippen LogP contribution in [0, 0.1) is 0 Å². The highest BCUT2D eigenvalue weighted by molar-refractivity contribution is 6.31. The molecule has 2 aromatic rings. The zero-order valence-corrected chi connectivity index (χ0v) is 15.2. The van der Waals surface area contributed by atoms with Crippen molar-refractivity contribution in [2.45, 2.75) is 38.7 Å². The Morgan fingerprint density at radius 2 is 1.81 bits per heavy atom. The molecule has 0 amide bonds. The summed E-state index contributed by atoms with van der Waals surface area (Å²) in [4.78, 5) is 15.4. The van der Waals surface area contributed by atoms with Gasteiger partial charge in [-0.2, -0.15) is 13.2 Å². The number of benzene rings is 1. The molecule has 146 valence electrons. The minimum Gasteiger partial charge on any atom is -0.483 e. The Morgan fingerprint density at radius 1 is 1.22 bits per heavy atom. The molecule has 0 spiro atoms. The van der Waals surface area contributed by atoms with Crippen LogP contribution in [0.3, 0.4) is 0 Å². The monoisotopic (exact) mass is 403 g/mol. The fourth-order valence-electron chi connectivity index (χ4n) is 2.08. The van der Waals surface area contributed by atoms with Gasteiger partial charge in [0.2, 0.25) is 5.88 Å². The van der Waals surface area contributed by atoms with Gasteiger partial charge in [-0.1, -0.05) is 11.6 Å². The quantitative estimate of drug-likeness (QED) is 0.728. The van der Waals surface area contributed by atoms with Crippen LogP contribution in [0.15, 0.2) is 36.5 Å². The molecule has 27 heavy (non-hydrogen) atoms. The number of carbonyl (C=O) groups is 1. The van der Waals surface area contributed by atoms with Crippen LogP contribution < -0.4 is 9.47 Å². The predicted molar refractivity (Wildman–Crippen MR) is 92.2 cm³/mol. The van der Waals surface area contributed by atoms with Crippen LogP contribution in [0.1, 0.15) is 25.8 Å². The van der Waals surface area contributed by atoms with Gasteiger partial charge in [-0.05, 0) is 44.2 Å². The zero-order chi connectivity index (χ0) is 20.2. The number of Topliss-reactive ketones (excluding diaryl/α,β-unsaturated/α-hetero) is 1. The number of ether oxygens (including phenoxy) is 2. The first kappa shape index (κ1) is 21.0. The van der Waals surface area contributed by atoms with Crippen molar-refractivity contribution in [2.75, 3.05) is 0 Å². The maximum atomic E-state index is 12.6. The maximum absolute atomic E-state index is 12.6. The van der Waals surface area contributed by atoms with E-state index in [1.807, 2.05) is 0 Å². The minimum absolute atomic E-state index is 0.0134. The smallest absolute Gasteiger partial charge is 0.417 e. The van der Waals surface area contributed by atoms with Crippen molar-refractivity contribution < 1.29 is 32.5 Å². The first-order valence-electron chi connectivity index (χ1n) is 7.94. The number of pyridine rings is 1. The van der Waals surface area contributed by atoms with Crippen LogP contribution in [-0.2, 0) is 11.0 Å². The van der Waals surface area contributed by atoms with E-state index in [2.05, 4.69) is 4.98 Å². The van der Waals surface area contributed by atoms with Crippen LogP contribution in [0.4, 0.5) is 13.2 Å². The molecule has 0 saturated heterocycles. The van der Waals surface area contributed by atoms with Crippen molar-refractivity contribution >= 4 is 17.4 Å². The van der Waals surface area contributed by atoms with Crippen LogP contribution in [0.25, 0.3) is 0 Å². The second-order valence-corrected chi connectivity index (χ2v) is 6.27. The Labute approximate surface area is 158 Å². The first-order chi connectivity index (χ1) is 12.6. The molecular weight excluding hydrogens is 387 g/mol. The van der Waals surface area contributed by atoms with E-state index in [0.717, 1.165) is 6.07 Å². The lowest BCUT2D eigenvalue weighted by molar-refractivity contribution is -0.137. The lowest BCUT2D eigenvalue weighted by Gasteiger charge is -2.15. The van der Waals surface area contributed by atoms with Gasteiger partial charge in [0, 0.05) is 12.6 Å². The standard InChI is InChI=1S/C18H17ClF3NO4/c1-10(24)7-16(25)11(2)26-13-3-5-14(6-4-13)27-17-15(19)8-12(9-23-17)18(20,21)22/h3-6,8-11,24H,7H2,1-2H3. The molecule has 0 bridgehead atoms. The van der Waals surface area contributed by atoms with Crippen molar-refractivity contribution in [3.05, 3.63) is 47.1 Å². The van der Waals surface area contributed by atoms with Crippen molar-refractivity contribution in [1.82, 2.24) is 4.98 Å². The normalized spacial score (nSPS) is 13.7. The van der Waals surface area contributed by atoms with Gasteiger partial charge in [0.15, 0.2) is 11.9 Å². The number of rotatable bonds is 7. The fraction of sp³-hybridized carbons (Fsp3) is 0.333. The fourth-order valence-corrected chi connectivity index (χ4v) is 2.29. The summed E-state index contributed by atoms with van der Waals surface area (Å²) >= 11 is 5.79. The van der Waals surface area contributed by atoms with Crippen LogP contribution in [-0.4, -0.2) is 28.1 Å². The van der Waals surface area contributed by atoms with E-state index in [-0.39, 0.29) is 28.9 Å². The SMILES string of the molecule is CC(O)CC(=O)C(C)Oc1ccc(Oc2ncc(C(F)(F)F)cc2Cl)cc1. The molecule has 0 fully saturated rings. The highest BCUT2D eigenvalue weighted by Gasteiger charge is 2.31. The second kappa shape index (κ2) is 8.58. The van der Waals surface area contributed by atoms with Crippen LogP contribution >= 0.6 is 11.6 Å². The molecular formula is C18H17ClF3NO4. The zero-order valence-electron chi connectivity index (χ0n) is 14.5. The van der Waals surface area contributed by atoms with Crippen molar-refractivity contribution in [3.8, 4) is 17.4 Å². The Bertz CT molecular complexity index is 794. The molecule has 0 aliphatic carbocycles. The number of aromatic nitrogens is 1. The summed E-state index contributed by atoms with van der Waals surface area (Å²) in [5, 5.41) is 8.95. The van der Waals surface area contributed by atoms with E-state index in [1.54, 1.807) is 6.92 Å². The third-order valence-electron chi connectivity index (χ3n) is 3.44. The largest absolute Gasteiger partial charge is 0.483 e. The van der Waals surface area contributed by atoms with Gasteiger partial charge in [0.25, 0.3) is 0 Å². The molecule has 1 aromatic carbocycles. The summed E-state index contributed by atoms with van der Waals surface area (Å²) in [6, 6.07) is 6.78. The van der Waals surface area contributed by atoms with Crippen molar-refractivity contribution in [3.63, 3.8) is 0 Å². The van der Waals surface area contributed by atoms with Gasteiger partial charge < -0.3 is 14.6 Å². The molecule has 0 radical (unpaired) electrons. The molecule has 1 N–H and O–H groups in total. The molecule has 5 nitrogen and oxygen atoms in total. The number of hydrogen-bond donors (Lipinski definition) is 1. The number of alkyl halides is 3. The molecule has 9 heteroatoms. The van der Waals surface area contributed by atoms with E-state index in [4.69, 9.17) is 21.1 Å². The number of aliphatic hydroxyl groups is 1. The number of carbonyl (C=O) groups excluding carboxylic acids is 1. The molecule has 0 aliphatic rings. The van der Waals surface area contributed by atoms with E-state index in [0.29, 0.717) is 11.9 Å². The van der Waals surface area contributed by atoms with Crippen LogP contribution in [0.2, 0.25) is 5.02 Å². The molecule has 2 unspecified atom stereocenters. The molecule has 0 saturated carbocycles. The Hall–Kier alpha value is -2.32. The third-order valence-corrected chi connectivity index (χ3v) is 3.71. The van der Waals surface area contributed by atoms with Gasteiger partial charge in [0.05, 0.1) is 11.7 Å². The van der Waals surface area contributed by atoms with Crippen molar-refractivity contribution in [2.24, 2.45) is 0 Å². The average Bonchev–Trinajstić information content (AvgIpc) is 2.56. The summed E-state index contributed by atoms with van der Waals surface area (Å²) < 4.78 is 48.7. The summed E-state index contributed by atoms with van der Waals surface area (Å²) in [6.07, 6.45) is -5.41. The molecule has 2 rings (SSSR count). The summed E-state index contributed by atoms with van der Waals surface area (Å²) in [5.74, 6) is 0.254. The summed E-state index contributed by atoms with van der Waals surface area (Å²) in [6.45, 7) is 3.08. The van der Waals surface area contributed by atoms with E-state index < -0.39 is 23.9 Å².